The Hall–Kier alpha value is -0.480. The molecule has 19 heavy (non-hydrogen) atoms. The van der Waals surface area contributed by atoms with E-state index in [9.17, 15) is 0 Å². The van der Waals surface area contributed by atoms with Crippen molar-refractivity contribution in [3.05, 3.63) is 42.9 Å². The van der Waals surface area contributed by atoms with Crippen molar-refractivity contribution in [1.29, 1.82) is 0 Å². The molecule has 104 valence electrons. The zero-order valence-electron chi connectivity index (χ0n) is 11.4. The van der Waals surface area contributed by atoms with E-state index < -0.39 is 0 Å². The molecule has 0 spiro atoms. The Labute approximate surface area is 127 Å². The van der Waals surface area contributed by atoms with Gasteiger partial charge in [-0.05, 0) is 38.9 Å². The molecule has 1 unspecified atom stereocenters. The Balaban J connectivity index is 2.54. The predicted molar refractivity (Wildman–Crippen MR) is 82.8 cm³/mol. The van der Waals surface area contributed by atoms with E-state index >= 15 is 0 Å². The van der Waals surface area contributed by atoms with Crippen molar-refractivity contribution in [2.24, 2.45) is 0 Å². The van der Waals surface area contributed by atoms with E-state index in [-0.39, 0.29) is 6.04 Å². The Morgan fingerprint density at radius 1 is 1.26 bits per heavy atom. The molecule has 2 heterocycles. The average Bonchev–Trinajstić information content (AvgIpc) is 2.78. The fraction of sp³-hybridized carbons (Fsp3) is 0.429. The number of rotatable bonds is 4. The third kappa shape index (κ3) is 2.84. The second kappa shape index (κ2) is 5.88. The van der Waals surface area contributed by atoms with Gasteiger partial charge in [0.25, 0.3) is 0 Å². The Morgan fingerprint density at radius 3 is 2.37 bits per heavy atom. The highest BCUT2D eigenvalue weighted by Crippen LogP contribution is 2.40. The number of halogens is 2. The van der Waals surface area contributed by atoms with Gasteiger partial charge in [-0.1, -0.05) is 30.1 Å². The van der Waals surface area contributed by atoms with E-state index in [1.54, 1.807) is 0 Å². The van der Waals surface area contributed by atoms with Crippen LogP contribution in [0.25, 0.3) is 0 Å². The molecule has 2 aromatic rings. The van der Waals surface area contributed by atoms with Gasteiger partial charge in [0, 0.05) is 11.1 Å². The molecule has 1 N–H and O–H groups in total. The Morgan fingerprint density at radius 2 is 1.95 bits per heavy atom. The molecule has 0 radical (unpaired) electrons. The highest BCUT2D eigenvalue weighted by molar-refractivity contribution is 7.20. The molecule has 0 aliphatic heterocycles. The molecular weight excluding hydrogens is 301 g/mol. The number of hydrogen-bond donors (Lipinski definition) is 1. The maximum absolute atomic E-state index is 6.30. The van der Waals surface area contributed by atoms with Crippen molar-refractivity contribution in [2.45, 2.75) is 33.7 Å². The third-order valence-electron chi connectivity index (χ3n) is 3.31. The minimum absolute atomic E-state index is 0.0266. The van der Waals surface area contributed by atoms with Crippen LogP contribution in [0, 0.1) is 20.8 Å². The van der Waals surface area contributed by atoms with Crippen LogP contribution in [-0.4, -0.2) is 6.54 Å². The van der Waals surface area contributed by atoms with Gasteiger partial charge in [0.15, 0.2) is 0 Å². The maximum Gasteiger partial charge on any atom is 0.106 e. The van der Waals surface area contributed by atoms with Gasteiger partial charge in [0.05, 0.1) is 14.7 Å². The quantitative estimate of drug-likeness (QED) is 0.830. The van der Waals surface area contributed by atoms with Crippen LogP contribution in [-0.2, 0) is 0 Å². The van der Waals surface area contributed by atoms with E-state index in [1.165, 1.54) is 16.9 Å². The zero-order chi connectivity index (χ0) is 14.2. The standard InChI is InChI=1S/C14H17Cl2NOS/c1-5-17-13(10-6-11(15)19-14(10)16)12-7(2)8(3)18-9(12)4/h6,13,17H,5H2,1-4H3. The average molecular weight is 318 g/mol. The molecule has 0 saturated carbocycles. The SMILES string of the molecule is CCNC(c1cc(Cl)sc1Cl)c1c(C)oc(C)c1C. The summed E-state index contributed by atoms with van der Waals surface area (Å²) in [6.07, 6.45) is 0. The summed E-state index contributed by atoms with van der Waals surface area (Å²) in [5.41, 5.74) is 3.35. The molecule has 0 aliphatic rings. The number of aryl methyl sites for hydroxylation is 2. The van der Waals surface area contributed by atoms with Crippen LogP contribution in [0.5, 0.6) is 0 Å². The molecule has 2 rings (SSSR count). The van der Waals surface area contributed by atoms with Crippen LogP contribution in [0.15, 0.2) is 10.5 Å². The topological polar surface area (TPSA) is 25.2 Å². The van der Waals surface area contributed by atoms with Gasteiger partial charge in [-0.15, -0.1) is 11.3 Å². The molecule has 0 fully saturated rings. The van der Waals surface area contributed by atoms with Crippen LogP contribution in [0.4, 0.5) is 0 Å². The number of hydrogen-bond acceptors (Lipinski definition) is 3. The molecule has 0 aliphatic carbocycles. The van der Waals surface area contributed by atoms with E-state index in [1.807, 2.05) is 19.9 Å². The molecule has 5 heteroatoms. The molecule has 0 amide bonds. The van der Waals surface area contributed by atoms with Crippen molar-refractivity contribution in [1.82, 2.24) is 5.32 Å². The van der Waals surface area contributed by atoms with Crippen molar-refractivity contribution in [3.8, 4) is 0 Å². The van der Waals surface area contributed by atoms with Crippen LogP contribution < -0.4 is 5.32 Å². The van der Waals surface area contributed by atoms with E-state index in [4.69, 9.17) is 27.6 Å². The highest BCUT2D eigenvalue weighted by Gasteiger charge is 2.25. The number of thiophene rings is 1. The lowest BCUT2D eigenvalue weighted by atomic mass is 9.97. The predicted octanol–water partition coefficient (Wildman–Crippen LogP) is 5.27. The summed E-state index contributed by atoms with van der Waals surface area (Å²) >= 11 is 13.8. The smallest absolute Gasteiger partial charge is 0.106 e. The zero-order valence-corrected chi connectivity index (χ0v) is 13.8. The van der Waals surface area contributed by atoms with Crippen molar-refractivity contribution in [2.75, 3.05) is 6.54 Å². The second-order valence-corrected chi connectivity index (χ2v) is 6.81. The molecule has 0 aromatic carbocycles. The second-order valence-electron chi connectivity index (χ2n) is 4.52. The van der Waals surface area contributed by atoms with Crippen LogP contribution in [0.1, 0.15) is 41.2 Å². The molecule has 0 bridgehead atoms. The van der Waals surface area contributed by atoms with Crippen LogP contribution in [0.2, 0.25) is 8.67 Å². The van der Waals surface area contributed by atoms with E-state index in [0.29, 0.717) is 4.34 Å². The first kappa shape index (κ1) is 14.9. The summed E-state index contributed by atoms with van der Waals surface area (Å²) in [6.45, 7) is 8.97. The number of furan rings is 1. The Kier molecular flexibility index (Phi) is 4.62. The molecular formula is C14H17Cl2NOS. The van der Waals surface area contributed by atoms with Gasteiger partial charge in [-0.25, -0.2) is 0 Å². The molecule has 2 nitrogen and oxygen atoms in total. The molecule has 1 atom stereocenters. The van der Waals surface area contributed by atoms with Crippen LogP contribution >= 0.6 is 34.5 Å². The van der Waals surface area contributed by atoms with Gasteiger partial charge < -0.3 is 9.73 Å². The van der Waals surface area contributed by atoms with Gasteiger partial charge >= 0.3 is 0 Å². The van der Waals surface area contributed by atoms with Crippen molar-refractivity contribution in [3.63, 3.8) is 0 Å². The molecule has 2 aromatic heterocycles. The van der Waals surface area contributed by atoms with Gasteiger partial charge in [0.2, 0.25) is 0 Å². The third-order valence-corrected chi connectivity index (χ3v) is 4.83. The molecule has 0 saturated heterocycles. The minimum atomic E-state index is 0.0266. The number of nitrogens with one attached hydrogen (secondary N) is 1. The summed E-state index contributed by atoms with van der Waals surface area (Å²) < 4.78 is 7.17. The first-order valence-corrected chi connectivity index (χ1v) is 7.77. The first-order chi connectivity index (χ1) is 8.95. The Bertz CT molecular complexity index is 589. The van der Waals surface area contributed by atoms with E-state index in [2.05, 4.69) is 19.2 Å². The first-order valence-electron chi connectivity index (χ1n) is 6.20. The lowest BCUT2D eigenvalue weighted by Gasteiger charge is -2.18. The van der Waals surface area contributed by atoms with E-state index in [0.717, 1.165) is 33.5 Å². The van der Waals surface area contributed by atoms with Gasteiger partial charge in [0.1, 0.15) is 11.5 Å². The largest absolute Gasteiger partial charge is 0.466 e. The summed E-state index contributed by atoms with van der Waals surface area (Å²) in [4.78, 5) is 0. The lowest BCUT2D eigenvalue weighted by Crippen LogP contribution is -2.22. The minimum Gasteiger partial charge on any atom is -0.466 e. The lowest BCUT2D eigenvalue weighted by molar-refractivity contribution is 0.494. The normalized spacial score (nSPS) is 12.9. The summed E-state index contributed by atoms with van der Waals surface area (Å²) in [7, 11) is 0. The highest BCUT2D eigenvalue weighted by atomic mass is 35.5. The fourth-order valence-corrected chi connectivity index (χ4v) is 3.89. The summed E-state index contributed by atoms with van der Waals surface area (Å²) in [6, 6.07) is 1.96. The van der Waals surface area contributed by atoms with Gasteiger partial charge in [-0.3, -0.25) is 0 Å². The fourth-order valence-electron chi connectivity index (χ4n) is 2.36. The monoisotopic (exact) mass is 317 g/mol. The van der Waals surface area contributed by atoms with Crippen molar-refractivity contribution < 1.29 is 4.42 Å². The van der Waals surface area contributed by atoms with Crippen LogP contribution in [0.3, 0.4) is 0 Å². The van der Waals surface area contributed by atoms with Gasteiger partial charge in [-0.2, -0.15) is 0 Å². The summed E-state index contributed by atoms with van der Waals surface area (Å²) in [5, 5.41) is 3.47. The summed E-state index contributed by atoms with van der Waals surface area (Å²) in [5.74, 6) is 1.88. The maximum atomic E-state index is 6.30. The van der Waals surface area contributed by atoms with Crippen molar-refractivity contribution >= 4 is 34.5 Å².